The van der Waals surface area contributed by atoms with Crippen LogP contribution in [0.3, 0.4) is 0 Å². The summed E-state index contributed by atoms with van der Waals surface area (Å²) in [5, 5.41) is 2.65. The smallest absolute Gasteiger partial charge is 0.348 e. The Kier molecular flexibility index (Phi) is 5.90. The molecule has 2 nitrogen and oxygen atoms in total. The van der Waals surface area contributed by atoms with Gasteiger partial charge in [-0.1, -0.05) is 57.2 Å². The molecule has 0 heterocycles. The normalized spacial score (nSPS) is 12.4. The van der Waals surface area contributed by atoms with Gasteiger partial charge >= 0.3 is 6.18 Å². The molecule has 1 amide bonds. The number of nitrogens with one attached hydrogen (secondary N) is 1. The lowest BCUT2D eigenvalue weighted by Gasteiger charge is -2.11. The number of amides is 1. The largest absolute Gasteiger partial charge is 0.416 e. The highest BCUT2D eigenvalue weighted by molar-refractivity contribution is 5.94. The standard InChI is InChI=1S/C21H22F3NO/c1-20(2,3)12-11-15-7-9-17(10-8-15)19(26)25-14-16-5-4-6-18(13-16)21(22,23)24/h4-13H,14H2,1-3H3,(H,25,26)/b12-11+. The fourth-order valence-electron chi connectivity index (χ4n) is 2.23. The molecular weight excluding hydrogens is 339 g/mol. The number of carbonyl (C=O) groups is 1. The molecule has 0 atom stereocenters. The van der Waals surface area contributed by atoms with E-state index < -0.39 is 11.7 Å². The highest BCUT2D eigenvalue weighted by atomic mass is 19.4. The molecule has 0 bridgehead atoms. The number of carbonyl (C=O) groups excluding carboxylic acids is 1. The maximum atomic E-state index is 12.7. The van der Waals surface area contributed by atoms with Gasteiger partial charge in [0.25, 0.3) is 5.91 Å². The van der Waals surface area contributed by atoms with E-state index in [4.69, 9.17) is 0 Å². The van der Waals surface area contributed by atoms with Crippen LogP contribution >= 0.6 is 0 Å². The fraction of sp³-hybridized carbons (Fsp3) is 0.286. The second-order valence-corrected chi connectivity index (χ2v) is 7.20. The van der Waals surface area contributed by atoms with Gasteiger partial charge < -0.3 is 5.32 Å². The minimum atomic E-state index is -4.39. The Morgan fingerprint density at radius 3 is 2.27 bits per heavy atom. The van der Waals surface area contributed by atoms with Gasteiger partial charge in [-0.3, -0.25) is 4.79 Å². The molecule has 0 aliphatic heterocycles. The first-order valence-electron chi connectivity index (χ1n) is 8.28. The van der Waals surface area contributed by atoms with Gasteiger partial charge in [0.15, 0.2) is 0 Å². The van der Waals surface area contributed by atoms with Gasteiger partial charge in [-0.25, -0.2) is 0 Å². The summed E-state index contributed by atoms with van der Waals surface area (Å²) in [7, 11) is 0. The van der Waals surface area contributed by atoms with Crippen LogP contribution in [0.5, 0.6) is 0 Å². The minimum absolute atomic E-state index is 0.0361. The van der Waals surface area contributed by atoms with Crippen LogP contribution in [-0.4, -0.2) is 5.91 Å². The third-order valence-electron chi connectivity index (χ3n) is 3.66. The predicted octanol–water partition coefficient (Wildman–Crippen LogP) is 5.69. The molecule has 1 N–H and O–H groups in total. The second kappa shape index (κ2) is 7.77. The summed E-state index contributed by atoms with van der Waals surface area (Å²) in [4.78, 5) is 12.2. The molecule has 0 aliphatic carbocycles. The Morgan fingerprint density at radius 1 is 1.04 bits per heavy atom. The fourth-order valence-corrected chi connectivity index (χ4v) is 2.23. The van der Waals surface area contributed by atoms with Crippen LogP contribution < -0.4 is 5.32 Å². The molecule has 2 aromatic carbocycles. The topological polar surface area (TPSA) is 29.1 Å². The lowest BCUT2D eigenvalue weighted by molar-refractivity contribution is -0.137. The number of rotatable bonds is 4. The van der Waals surface area contributed by atoms with Gasteiger partial charge in [0.1, 0.15) is 0 Å². The van der Waals surface area contributed by atoms with E-state index in [-0.39, 0.29) is 17.9 Å². The van der Waals surface area contributed by atoms with Crippen molar-refractivity contribution in [3.8, 4) is 0 Å². The average molecular weight is 361 g/mol. The molecule has 138 valence electrons. The van der Waals surface area contributed by atoms with E-state index in [1.807, 2.05) is 18.2 Å². The average Bonchev–Trinajstić information content (AvgIpc) is 2.57. The van der Waals surface area contributed by atoms with E-state index in [1.54, 1.807) is 18.2 Å². The van der Waals surface area contributed by atoms with Crippen LogP contribution in [0.25, 0.3) is 6.08 Å². The van der Waals surface area contributed by atoms with E-state index in [0.717, 1.165) is 17.7 Å². The summed E-state index contributed by atoms with van der Waals surface area (Å²) >= 11 is 0. The molecule has 5 heteroatoms. The maximum absolute atomic E-state index is 12.7. The van der Waals surface area contributed by atoms with Gasteiger partial charge in [0.05, 0.1) is 5.56 Å². The lowest BCUT2D eigenvalue weighted by atomic mass is 9.95. The lowest BCUT2D eigenvalue weighted by Crippen LogP contribution is -2.23. The molecule has 0 saturated heterocycles. The first kappa shape index (κ1) is 19.8. The van der Waals surface area contributed by atoms with Crippen molar-refractivity contribution in [2.75, 3.05) is 0 Å². The molecule has 0 spiro atoms. The van der Waals surface area contributed by atoms with Crippen LogP contribution in [-0.2, 0) is 12.7 Å². The summed E-state index contributed by atoms with van der Waals surface area (Å²) in [6, 6.07) is 12.0. The van der Waals surface area contributed by atoms with E-state index in [2.05, 4.69) is 32.2 Å². The van der Waals surface area contributed by atoms with Crippen LogP contribution in [0.2, 0.25) is 0 Å². The van der Waals surface area contributed by atoms with Gasteiger partial charge in [-0.2, -0.15) is 13.2 Å². The number of hydrogen-bond donors (Lipinski definition) is 1. The number of benzene rings is 2. The molecular formula is C21H22F3NO. The van der Waals surface area contributed by atoms with Gasteiger partial charge in [0, 0.05) is 12.1 Å². The molecule has 0 aliphatic rings. The first-order chi connectivity index (χ1) is 12.0. The second-order valence-electron chi connectivity index (χ2n) is 7.20. The van der Waals surface area contributed by atoms with Crippen molar-refractivity contribution in [1.82, 2.24) is 5.32 Å². The molecule has 0 unspecified atom stereocenters. The number of hydrogen-bond acceptors (Lipinski definition) is 1. The van der Waals surface area contributed by atoms with Crippen molar-refractivity contribution in [1.29, 1.82) is 0 Å². The number of allylic oxidation sites excluding steroid dienone is 1. The van der Waals surface area contributed by atoms with Crippen molar-refractivity contribution in [2.45, 2.75) is 33.5 Å². The van der Waals surface area contributed by atoms with E-state index in [1.165, 1.54) is 6.07 Å². The Labute approximate surface area is 151 Å². The summed E-state index contributed by atoms with van der Waals surface area (Å²) in [5.74, 6) is -0.325. The first-order valence-corrected chi connectivity index (χ1v) is 8.28. The van der Waals surface area contributed by atoms with E-state index in [0.29, 0.717) is 11.1 Å². The van der Waals surface area contributed by atoms with Crippen molar-refractivity contribution in [3.63, 3.8) is 0 Å². The van der Waals surface area contributed by atoms with Crippen LogP contribution in [0.1, 0.15) is 47.8 Å². The van der Waals surface area contributed by atoms with Crippen molar-refractivity contribution in [2.24, 2.45) is 5.41 Å². The molecule has 2 aromatic rings. The summed E-state index contributed by atoms with van der Waals surface area (Å²) in [6.07, 6.45) is -0.323. The molecule has 2 rings (SSSR count). The number of halogens is 3. The summed E-state index contributed by atoms with van der Waals surface area (Å²) in [5.41, 5.74) is 1.19. The maximum Gasteiger partial charge on any atom is 0.416 e. The zero-order valence-electron chi connectivity index (χ0n) is 15.0. The van der Waals surface area contributed by atoms with E-state index >= 15 is 0 Å². The highest BCUT2D eigenvalue weighted by Crippen LogP contribution is 2.29. The Hall–Kier alpha value is -2.56. The van der Waals surface area contributed by atoms with E-state index in [9.17, 15) is 18.0 Å². The zero-order chi connectivity index (χ0) is 19.4. The summed E-state index contributed by atoms with van der Waals surface area (Å²) < 4.78 is 38.1. The van der Waals surface area contributed by atoms with Crippen molar-refractivity contribution < 1.29 is 18.0 Å². The summed E-state index contributed by atoms with van der Waals surface area (Å²) in [6.45, 7) is 6.33. The molecule has 0 radical (unpaired) electrons. The molecule has 0 fully saturated rings. The highest BCUT2D eigenvalue weighted by Gasteiger charge is 2.30. The Bertz CT molecular complexity index is 784. The van der Waals surface area contributed by atoms with Crippen molar-refractivity contribution in [3.05, 3.63) is 76.9 Å². The molecule has 0 saturated carbocycles. The van der Waals surface area contributed by atoms with Gasteiger partial charge in [0.2, 0.25) is 0 Å². The van der Waals surface area contributed by atoms with Crippen LogP contribution in [0, 0.1) is 5.41 Å². The SMILES string of the molecule is CC(C)(C)/C=C/c1ccc(C(=O)NCc2cccc(C(F)(F)F)c2)cc1. The zero-order valence-corrected chi connectivity index (χ0v) is 15.0. The monoisotopic (exact) mass is 361 g/mol. The van der Waals surface area contributed by atoms with Crippen molar-refractivity contribution >= 4 is 12.0 Å². The molecule has 26 heavy (non-hydrogen) atoms. The third-order valence-corrected chi connectivity index (χ3v) is 3.66. The number of alkyl halides is 3. The minimum Gasteiger partial charge on any atom is -0.348 e. The Balaban J connectivity index is 1.99. The van der Waals surface area contributed by atoms with Gasteiger partial charge in [-0.05, 0) is 40.8 Å². The van der Waals surface area contributed by atoms with Crippen LogP contribution in [0.15, 0.2) is 54.6 Å². The van der Waals surface area contributed by atoms with Crippen LogP contribution in [0.4, 0.5) is 13.2 Å². The van der Waals surface area contributed by atoms with Gasteiger partial charge in [-0.15, -0.1) is 0 Å². The quantitative estimate of drug-likeness (QED) is 0.744. The third kappa shape index (κ3) is 6.06. The molecule has 0 aromatic heterocycles. The predicted molar refractivity (Wildman–Crippen MR) is 97.5 cm³/mol. The Morgan fingerprint density at radius 2 is 1.69 bits per heavy atom.